The quantitative estimate of drug-likeness (QED) is 0.304. The number of nitrogen functional groups attached to an aromatic ring is 2. The van der Waals surface area contributed by atoms with Crippen LogP contribution >= 0.6 is 11.6 Å². The number of nitrogens with two attached hydrogens (primary N) is 2. The van der Waals surface area contributed by atoms with Crippen LogP contribution in [0.1, 0.15) is 36.6 Å². The standard InChI is InChI=1S/C20H19ClN8O4/c1-3-32-12-5-9(4-11(21)16(12)33-8(2)19(30)31)15-13-14(24)10(6-22)17(25)28-18(13)29-20(27-15)26-7-23/h4-5,8,15H,3H2,1-2H3,(H,30,31)(H6,24,25,26,27,28,29). The van der Waals surface area contributed by atoms with Gasteiger partial charge in [-0.1, -0.05) is 11.6 Å². The summed E-state index contributed by atoms with van der Waals surface area (Å²) in [5, 5.41) is 33.0. The van der Waals surface area contributed by atoms with E-state index in [9.17, 15) is 15.2 Å². The molecule has 3 rings (SSSR count). The number of anilines is 3. The number of halogens is 1. The van der Waals surface area contributed by atoms with Gasteiger partial charge in [-0.3, -0.25) is 5.32 Å². The molecular weight excluding hydrogens is 452 g/mol. The van der Waals surface area contributed by atoms with Crippen LogP contribution < -0.4 is 31.6 Å². The molecule has 0 bridgehead atoms. The number of benzene rings is 1. The molecule has 1 aromatic carbocycles. The summed E-state index contributed by atoms with van der Waals surface area (Å²) in [6.07, 6.45) is 0.581. The molecule has 0 amide bonds. The van der Waals surface area contributed by atoms with E-state index < -0.39 is 18.1 Å². The summed E-state index contributed by atoms with van der Waals surface area (Å²) in [5.74, 6) is -0.761. The molecule has 7 N–H and O–H groups in total. The number of guanidine groups is 1. The van der Waals surface area contributed by atoms with Gasteiger partial charge in [-0.2, -0.15) is 10.5 Å². The molecule has 0 saturated carbocycles. The van der Waals surface area contributed by atoms with Gasteiger partial charge >= 0.3 is 5.97 Å². The number of fused-ring (bicyclic) bond motifs is 1. The smallest absolute Gasteiger partial charge is 0.344 e. The fourth-order valence-electron chi connectivity index (χ4n) is 3.17. The number of aliphatic carboxylic acids is 1. The van der Waals surface area contributed by atoms with E-state index in [1.807, 2.05) is 6.07 Å². The highest BCUT2D eigenvalue weighted by Crippen LogP contribution is 2.45. The number of rotatable bonds is 6. The van der Waals surface area contributed by atoms with Crippen LogP contribution in [0.2, 0.25) is 5.02 Å². The van der Waals surface area contributed by atoms with Crippen molar-refractivity contribution in [2.45, 2.75) is 26.0 Å². The van der Waals surface area contributed by atoms with Crippen LogP contribution in [0, 0.1) is 22.8 Å². The fourth-order valence-corrected chi connectivity index (χ4v) is 3.44. The van der Waals surface area contributed by atoms with Gasteiger partial charge in [0.1, 0.15) is 29.3 Å². The maximum Gasteiger partial charge on any atom is 0.344 e. The highest BCUT2D eigenvalue weighted by Gasteiger charge is 2.31. The highest BCUT2D eigenvalue weighted by molar-refractivity contribution is 6.32. The number of carboxylic acid groups (broad SMARTS) is 1. The minimum atomic E-state index is -1.18. The molecule has 0 spiro atoms. The molecule has 2 atom stereocenters. The number of hydrogen-bond donors (Lipinski definition) is 5. The van der Waals surface area contributed by atoms with Crippen molar-refractivity contribution in [2.75, 3.05) is 23.4 Å². The van der Waals surface area contributed by atoms with Crippen molar-refractivity contribution in [3.8, 4) is 23.8 Å². The molecule has 12 nitrogen and oxygen atoms in total. The zero-order valence-electron chi connectivity index (χ0n) is 17.5. The van der Waals surface area contributed by atoms with Crippen molar-refractivity contribution in [3.63, 3.8) is 0 Å². The molecule has 170 valence electrons. The molecule has 33 heavy (non-hydrogen) atoms. The average Bonchev–Trinajstić information content (AvgIpc) is 2.75. The van der Waals surface area contributed by atoms with Gasteiger partial charge in [-0.25, -0.2) is 14.8 Å². The summed E-state index contributed by atoms with van der Waals surface area (Å²) < 4.78 is 11.1. The van der Waals surface area contributed by atoms with Crippen LogP contribution in [-0.4, -0.2) is 34.7 Å². The van der Waals surface area contributed by atoms with E-state index in [-0.39, 0.29) is 52.0 Å². The number of ether oxygens (including phenoxy) is 2. The summed E-state index contributed by atoms with van der Waals surface area (Å²) in [4.78, 5) is 19.9. The Morgan fingerprint density at radius 2 is 2.15 bits per heavy atom. The lowest BCUT2D eigenvalue weighted by atomic mass is 9.95. The lowest BCUT2D eigenvalue weighted by molar-refractivity contribution is -0.144. The zero-order chi connectivity index (χ0) is 24.3. The third-order valence-corrected chi connectivity index (χ3v) is 4.93. The van der Waals surface area contributed by atoms with Gasteiger partial charge in [0.25, 0.3) is 0 Å². The number of aliphatic imine (C=N–C) groups is 1. The van der Waals surface area contributed by atoms with E-state index in [0.29, 0.717) is 11.1 Å². The molecule has 0 radical (unpaired) electrons. The highest BCUT2D eigenvalue weighted by atomic mass is 35.5. The zero-order valence-corrected chi connectivity index (χ0v) is 18.3. The van der Waals surface area contributed by atoms with Crippen LogP contribution in [-0.2, 0) is 4.79 Å². The van der Waals surface area contributed by atoms with Crippen molar-refractivity contribution >= 4 is 40.9 Å². The second-order valence-electron chi connectivity index (χ2n) is 6.76. The van der Waals surface area contributed by atoms with Crippen LogP contribution in [0.25, 0.3) is 0 Å². The Kier molecular flexibility index (Phi) is 6.61. The van der Waals surface area contributed by atoms with Crippen LogP contribution in [0.3, 0.4) is 0 Å². The van der Waals surface area contributed by atoms with Gasteiger partial charge < -0.3 is 31.4 Å². The van der Waals surface area contributed by atoms with Crippen molar-refractivity contribution in [3.05, 3.63) is 33.8 Å². The third-order valence-electron chi connectivity index (χ3n) is 4.65. The van der Waals surface area contributed by atoms with Crippen LogP contribution in [0.4, 0.5) is 17.3 Å². The second-order valence-corrected chi connectivity index (χ2v) is 7.17. The van der Waals surface area contributed by atoms with Gasteiger partial charge in [0.2, 0.25) is 5.96 Å². The first-order chi connectivity index (χ1) is 15.7. The molecular formula is C20H19ClN8O4. The molecule has 0 fully saturated rings. The molecule has 0 aliphatic carbocycles. The van der Waals surface area contributed by atoms with Crippen molar-refractivity contribution < 1.29 is 19.4 Å². The Bertz CT molecular complexity index is 1230. The number of pyridine rings is 1. The number of nitrogens with zero attached hydrogens (tertiary/aromatic N) is 4. The van der Waals surface area contributed by atoms with Crippen molar-refractivity contribution in [2.24, 2.45) is 4.99 Å². The number of hydrogen-bond acceptors (Lipinski definition) is 11. The van der Waals surface area contributed by atoms with E-state index in [2.05, 4.69) is 20.6 Å². The number of carbonyl (C=O) groups is 1. The lowest BCUT2D eigenvalue weighted by Gasteiger charge is -2.27. The molecule has 2 heterocycles. The topological polar surface area (TPSA) is 205 Å². The maximum absolute atomic E-state index is 11.2. The Labute approximate surface area is 193 Å². The first-order valence-corrected chi connectivity index (χ1v) is 9.94. The van der Waals surface area contributed by atoms with Crippen LogP contribution in [0.5, 0.6) is 11.5 Å². The second kappa shape index (κ2) is 9.38. The Morgan fingerprint density at radius 3 is 2.76 bits per heavy atom. The normalized spacial score (nSPS) is 15.1. The SMILES string of the molecule is CCOc1cc(C2N=C(NC#N)Nc3nc(N)c(C#N)c(N)c32)cc(Cl)c1OC(C)C(=O)O. The Balaban J connectivity index is 2.22. The summed E-state index contributed by atoms with van der Waals surface area (Å²) in [6.45, 7) is 3.33. The summed E-state index contributed by atoms with van der Waals surface area (Å²) in [5.41, 5.74) is 12.9. The van der Waals surface area contributed by atoms with E-state index in [1.54, 1.807) is 19.2 Å². The maximum atomic E-state index is 11.2. The average molecular weight is 471 g/mol. The molecule has 1 aliphatic rings. The van der Waals surface area contributed by atoms with Crippen LogP contribution in [0.15, 0.2) is 17.1 Å². The molecule has 2 aromatic rings. The summed E-state index contributed by atoms with van der Waals surface area (Å²) in [6, 6.07) is 4.13. The number of aromatic nitrogens is 1. The Morgan fingerprint density at radius 1 is 1.42 bits per heavy atom. The fraction of sp³-hybridized carbons (Fsp3) is 0.250. The third kappa shape index (κ3) is 4.46. The van der Waals surface area contributed by atoms with Crippen molar-refractivity contribution in [1.29, 1.82) is 10.5 Å². The number of carboxylic acids is 1. The largest absolute Gasteiger partial charge is 0.490 e. The van der Waals surface area contributed by atoms with Crippen molar-refractivity contribution in [1.82, 2.24) is 10.3 Å². The molecule has 13 heteroatoms. The van der Waals surface area contributed by atoms with Gasteiger partial charge in [0.05, 0.1) is 17.3 Å². The van der Waals surface area contributed by atoms with Gasteiger partial charge in [-0.15, -0.1) is 0 Å². The first-order valence-electron chi connectivity index (χ1n) is 9.56. The predicted molar refractivity (Wildman–Crippen MR) is 120 cm³/mol. The monoisotopic (exact) mass is 470 g/mol. The lowest BCUT2D eigenvalue weighted by Crippen LogP contribution is -2.32. The van der Waals surface area contributed by atoms with E-state index >= 15 is 0 Å². The molecule has 1 aromatic heterocycles. The van der Waals surface area contributed by atoms with Gasteiger partial charge in [0, 0.05) is 5.56 Å². The number of nitriles is 2. The minimum Gasteiger partial charge on any atom is -0.490 e. The summed E-state index contributed by atoms with van der Waals surface area (Å²) in [7, 11) is 0. The Hall–Kier alpha value is -4.42. The van der Waals surface area contributed by atoms with E-state index in [1.165, 1.54) is 13.0 Å². The van der Waals surface area contributed by atoms with E-state index in [0.717, 1.165) is 0 Å². The van der Waals surface area contributed by atoms with E-state index in [4.69, 9.17) is 37.8 Å². The summed E-state index contributed by atoms with van der Waals surface area (Å²) >= 11 is 6.44. The molecule has 2 unspecified atom stereocenters. The number of nitrogens with one attached hydrogen (secondary N) is 2. The first kappa shape index (κ1) is 23.2. The molecule has 1 aliphatic heterocycles. The van der Waals surface area contributed by atoms with Gasteiger partial charge in [0.15, 0.2) is 23.8 Å². The minimum absolute atomic E-state index is 0.0150. The van der Waals surface area contributed by atoms with Gasteiger partial charge in [-0.05, 0) is 31.5 Å². The predicted octanol–water partition coefficient (Wildman–Crippen LogP) is 1.96. The molecule has 0 saturated heterocycles.